The van der Waals surface area contributed by atoms with Gasteiger partial charge < -0.3 is 10.6 Å². The van der Waals surface area contributed by atoms with E-state index in [1.54, 1.807) is 6.33 Å². The number of hydrogen-bond acceptors (Lipinski definition) is 4. The van der Waals surface area contributed by atoms with Crippen LogP contribution in [0.5, 0.6) is 0 Å². The van der Waals surface area contributed by atoms with Gasteiger partial charge in [-0.3, -0.25) is 14.5 Å². The van der Waals surface area contributed by atoms with Crippen molar-refractivity contribution < 1.29 is 0 Å². The first-order chi connectivity index (χ1) is 14.2. The second-order valence-corrected chi connectivity index (χ2v) is 8.02. The minimum absolute atomic E-state index is 0.514. The number of aliphatic imine (C=N–C) groups is 1. The van der Waals surface area contributed by atoms with Gasteiger partial charge in [0.1, 0.15) is 6.33 Å². The smallest absolute Gasteiger partial charge is 0.191 e. The highest BCUT2D eigenvalue weighted by Gasteiger charge is 2.23. The van der Waals surface area contributed by atoms with Gasteiger partial charge in [-0.1, -0.05) is 44.9 Å². The van der Waals surface area contributed by atoms with Gasteiger partial charge in [0, 0.05) is 25.3 Å². The van der Waals surface area contributed by atoms with E-state index in [2.05, 4.69) is 44.6 Å². The standard InChI is InChI=1S/C22H35N7/c1-18(2)20(28-13-9-4-5-10-14-28)15-24-22(23-3)25-16-21-27-26-17-29(21)19-11-7-6-8-12-19/h6-8,11-12,17-18,20H,4-5,9-10,13-16H2,1-3H3,(H2,23,24,25). The Morgan fingerprint density at radius 1 is 1.07 bits per heavy atom. The van der Waals surface area contributed by atoms with Crippen molar-refractivity contribution in [2.75, 3.05) is 26.7 Å². The molecule has 1 fully saturated rings. The van der Waals surface area contributed by atoms with E-state index >= 15 is 0 Å². The Hall–Kier alpha value is -2.41. The van der Waals surface area contributed by atoms with Gasteiger partial charge in [-0.15, -0.1) is 10.2 Å². The summed E-state index contributed by atoms with van der Waals surface area (Å²) in [6.45, 7) is 8.49. The molecule has 1 aliphatic rings. The van der Waals surface area contributed by atoms with Gasteiger partial charge in [0.25, 0.3) is 0 Å². The number of nitrogens with one attached hydrogen (secondary N) is 2. The molecule has 7 nitrogen and oxygen atoms in total. The summed E-state index contributed by atoms with van der Waals surface area (Å²) in [5.74, 6) is 2.25. The molecule has 1 aliphatic heterocycles. The van der Waals surface area contributed by atoms with E-state index < -0.39 is 0 Å². The van der Waals surface area contributed by atoms with Gasteiger partial charge in [0.2, 0.25) is 0 Å². The Morgan fingerprint density at radius 3 is 2.45 bits per heavy atom. The van der Waals surface area contributed by atoms with Gasteiger partial charge in [-0.05, 0) is 44.0 Å². The molecule has 29 heavy (non-hydrogen) atoms. The number of aromatic nitrogens is 3. The Kier molecular flexibility index (Phi) is 8.04. The van der Waals surface area contributed by atoms with Crippen LogP contribution >= 0.6 is 0 Å². The van der Waals surface area contributed by atoms with E-state index in [1.807, 2.05) is 41.9 Å². The van der Waals surface area contributed by atoms with Crippen molar-refractivity contribution in [2.45, 2.75) is 52.1 Å². The lowest BCUT2D eigenvalue weighted by atomic mass is 10.0. The minimum atomic E-state index is 0.514. The Balaban J connectivity index is 1.56. The maximum Gasteiger partial charge on any atom is 0.191 e. The largest absolute Gasteiger partial charge is 0.355 e. The third-order valence-electron chi connectivity index (χ3n) is 5.65. The van der Waals surface area contributed by atoms with E-state index in [0.29, 0.717) is 18.5 Å². The Bertz CT molecular complexity index is 746. The fourth-order valence-electron chi connectivity index (χ4n) is 3.98. The predicted molar refractivity (Wildman–Crippen MR) is 118 cm³/mol. The van der Waals surface area contributed by atoms with Crippen molar-refractivity contribution in [1.29, 1.82) is 0 Å². The summed E-state index contributed by atoms with van der Waals surface area (Å²) in [6, 6.07) is 10.7. The molecule has 0 saturated carbocycles. The zero-order valence-electron chi connectivity index (χ0n) is 18.0. The molecule has 7 heteroatoms. The van der Waals surface area contributed by atoms with Crippen LogP contribution in [0.2, 0.25) is 0 Å². The van der Waals surface area contributed by atoms with Crippen LogP contribution in [0.4, 0.5) is 0 Å². The summed E-state index contributed by atoms with van der Waals surface area (Å²) in [7, 11) is 1.81. The van der Waals surface area contributed by atoms with Gasteiger partial charge >= 0.3 is 0 Å². The monoisotopic (exact) mass is 397 g/mol. The molecule has 1 atom stereocenters. The average molecular weight is 398 g/mol. The van der Waals surface area contributed by atoms with Crippen LogP contribution in [-0.4, -0.2) is 58.3 Å². The van der Waals surface area contributed by atoms with E-state index in [4.69, 9.17) is 0 Å². The maximum absolute atomic E-state index is 4.40. The normalized spacial score (nSPS) is 17.2. The third-order valence-corrected chi connectivity index (χ3v) is 5.65. The highest BCUT2D eigenvalue weighted by Crippen LogP contribution is 2.17. The summed E-state index contributed by atoms with van der Waals surface area (Å²) in [4.78, 5) is 7.06. The molecular formula is C22H35N7. The first-order valence-corrected chi connectivity index (χ1v) is 10.8. The number of benzene rings is 1. The highest BCUT2D eigenvalue weighted by molar-refractivity contribution is 5.79. The van der Waals surface area contributed by atoms with Crippen LogP contribution in [0, 0.1) is 5.92 Å². The van der Waals surface area contributed by atoms with Crippen molar-refractivity contribution in [3.8, 4) is 5.69 Å². The van der Waals surface area contributed by atoms with Crippen molar-refractivity contribution in [1.82, 2.24) is 30.3 Å². The van der Waals surface area contributed by atoms with Gasteiger partial charge in [-0.25, -0.2) is 0 Å². The molecule has 3 rings (SSSR count). The van der Waals surface area contributed by atoms with Crippen LogP contribution in [0.3, 0.4) is 0 Å². The van der Waals surface area contributed by atoms with E-state index in [9.17, 15) is 0 Å². The quantitative estimate of drug-likeness (QED) is 0.555. The molecule has 1 saturated heterocycles. The lowest BCUT2D eigenvalue weighted by molar-refractivity contribution is 0.161. The fraction of sp³-hybridized carbons (Fsp3) is 0.591. The first kappa shape index (κ1) is 21.3. The van der Waals surface area contributed by atoms with Gasteiger partial charge in [0.05, 0.1) is 6.54 Å². The molecule has 1 unspecified atom stereocenters. The number of hydrogen-bond donors (Lipinski definition) is 2. The lowest BCUT2D eigenvalue weighted by Crippen LogP contribution is -2.49. The molecule has 158 valence electrons. The minimum Gasteiger partial charge on any atom is -0.355 e. The molecule has 1 aromatic carbocycles. The van der Waals surface area contributed by atoms with Crippen LogP contribution in [0.1, 0.15) is 45.4 Å². The molecule has 0 amide bonds. The molecule has 0 bridgehead atoms. The SMILES string of the molecule is CN=C(NCc1nncn1-c1ccccc1)NCC(C(C)C)N1CCCCCC1. The second kappa shape index (κ2) is 11.0. The number of para-hydroxylation sites is 1. The first-order valence-electron chi connectivity index (χ1n) is 10.8. The van der Waals surface area contributed by atoms with Crippen LogP contribution < -0.4 is 10.6 Å². The number of rotatable bonds is 7. The van der Waals surface area contributed by atoms with Gasteiger partial charge in [0.15, 0.2) is 11.8 Å². The molecule has 2 N–H and O–H groups in total. The molecule has 2 aromatic rings. The van der Waals surface area contributed by atoms with Crippen molar-refractivity contribution in [2.24, 2.45) is 10.9 Å². The summed E-state index contributed by atoms with van der Waals surface area (Å²) >= 11 is 0. The van der Waals surface area contributed by atoms with E-state index in [0.717, 1.165) is 24.0 Å². The Labute approximate surface area is 174 Å². The topological polar surface area (TPSA) is 70.4 Å². The highest BCUT2D eigenvalue weighted by atomic mass is 15.3. The zero-order valence-corrected chi connectivity index (χ0v) is 18.0. The number of likely N-dealkylation sites (tertiary alicyclic amines) is 1. The average Bonchev–Trinajstić information content (AvgIpc) is 3.05. The summed E-state index contributed by atoms with van der Waals surface area (Å²) in [6.07, 6.45) is 7.09. The maximum atomic E-state index is 4.40. The van der Waals surface area contributed by atoms with Crippen LogP contribution in [0.15, 0.2) is 41.7 Å². The summed E-state index contributed by atoms with van der Waals surface area (Å²) in [5, 5.41) is 15.3. The van der Waals surface area contributed by atoms with Crippen molar-refractivity contribution in [3.05, 3.63) is 42.5 Å². The van der Waals surface area contributed by atoms with E-state index in [-0.39, 0.29) is 0 Å². The van der Waals surface area contributed by atoms with Crippen LogP contribution in [-0.2, 0) is 6.54 Å². The number of guanidine groups is 1. The molecule has 1 aromatic heterocycles. The predicted octanol–water partition coefficient (Wildman–Crippen LogP) is 2.83. The zero-order chi connectivity index (χ0) is 20.5. The summed E-state index contributed by atoms with van der Waals surface area (Å²) in [5.41, 5.74) is 1.05. The molecule has 0 spiro atoms. The van der Waals surface area contributed by atoms with Crippen LogP contribution in [0.25, 0.3) is 5.69 Å². The van der Waals surface area contributed by atoms with E-state index in [1.165, 1.54) is 38.8 Å². The third kappa shape index (κ3) is 6.03. The molecule has 2 heterocycles. The number of nitrogens with zero attached hydrogens (tertiary/aromatic N) is 5. The van der Waals surface area contributed by atoms with Crippen molar-refractivity contribution in [3.63, 3.8) is 0 Å². The fourth-order valence-corrected chi connectivity index (χ4v) is 3.98. The Morgan fingerprint density at radius 2 is 1.79 bits per heavy atom. The molecule has 0 radical (unpaired) electrons. The van der Waals surface area contributed by atoms with Crippen molar-refractivity contribution >= 4 is 5.96 Å². The van der Waals surface area contributed by atoms with Gasteiger partial charge in [-0.2, -0.15) is 0 Å². The molecular weight excluding hydrogens is 362 g/mol. The molecule has 0 aliphatic carbocycles. The lowest BCUT2D eigenvalue weighted by Gasteiger charge is -2.34. The second-order valence-electron chi connectivity index (χ2n) is 8.02. The summed E-state index contributed by atoms with van der Waals surface area (Å²) < 4.78 is 1.99.